The summed E-state index contributed by atoms with van der Waals surface area (Å²) in [7, 11) is 0. The third-order valence-corrected chi connectivity index (χ3v) is 5.02. The first kappa shape index (κ1) is 20.6. The maximum absolute atomic E-state index is 11.9. The van der Waals surface area contributed by atoms with Gasteiger partial charge in [-0.05, 0) is 31.5 Å². The number of ether oxygens (including phenoxy) is 1. The van der Waals surface area contributed by atoms with Crippen LogP contribution in [0.3, 0.4) is 0 Å². The summed E-state index contributed by atoms with van der Waals surface area (Å²) in [6, 6.07) is 5.26. The first-order chi connectivity index (χ1) is 13.9. The summed E-state index contributed by atoms with van der Waals surface area (Å²) in [5.41, 5.74) is 1.15. The van der Waals surface area contributed by atoms with E-state index in [0.717, 1.165) is 5.56 Å². The summed E-state index contributed by atoms with van der Waals surface area (Å²) in [5.74, 6) is 0.286. The maximum Gasteiger partial charge on any atom is 0.409 e. The second-order valence-corrected chi connectivity index (χ2v) is 6.77. The van der Waals surface area contributed by atoms with Crippen molar-refractivity contribution in [3.05, 3.63) is 45.2 Å². The zero-order chi connectivity index (χ0) is 21.0. The van der Waals surface area contributed by atoms with Crippen LogP contribution >= 0.6 is 11.6 Å². The van der Waals surface area contributed by atoms with Crippen LogP contribution in [0, 0.1) is 17.0 Å². The first-order valence-corrected chi connectivity index (χ1v) is 9.48. The van der Waals surface area contributed by atoms with Gasteiger partial charge < -0.3 is 19.9 Å². The van der Waals surface area contributed by atoms with Gasteiger partial charge >= 0.3 is 11.8 Å². The van der Waals surface area contributed by atoms with Gasteiger partial charge in [0.2, 0.25) is 11.6 Å². The number of nitro groups is 1. The fourth-order valence-electron chi connectivity index (χ4n) is 3.05. The molecule has 1 N–H and O–H groups in total. The van der Waals surface area contributed by atoms with Crippen molar-refractivity contribution in [1.29, 1.82) is 0 Å². The van der Waals surface area contributed by atoms with E-state index in [1.165, 1.54) is 6.33 Å². The highest BCUT2D eigenvalue weighted by atomic mass is 35.5. The second-order valence-electron chi connectivity index (χ2n) is 6.36. The van der Waals surface area contributed by atoms with Crippen LogP contribution < -0.4 is 10.2 Å². The summed E-state index contributed by atoms with van der Waals surface area (Å²) in [6.45, 7) is 5.42. The van der Waals surface area contributed by atoms with E-state index in [9.17, 15) is 14.9 Å². The van der Waals surface area contributed by atoms with E-state index in [1.54, 1.807) is 34.9 Å². The number of carbonyl (C=O) groups excluding carboxylic acids is 1. The Balaban J connectivity index is 1.85. The molecule has 10 nitrogen and oxygen atoms in total. The molecule has 2 heterocycles. The van der Waals surface area contributed by atoms with Crippen molar-refractivity contribution in [3.63, 3.8) is 0 Å². The van der Waals surface area contributed by atoms with Crippen LogP contribution in [-0.2, 0) is 4.74 Å². The van der Waals surface area contributed by atoms with Gasteiger partial charge in [0.15, 0.2) is 0 Å². The molecule has 3 rings (SSSR count). The number of halogens is 1. The molecule has 29 heavy (non-hydrogen) atoms. The number of piperazine rings is 1. The lowest BCUT2D eigenvalue weighted by Gasteiger charge is -2.34. The van der Waals surface area contributed by atoms with E-state index in [4.69, 9.17) is 16.3 Å². The number of aromatic nitrogens is 2. The van der Waals surface area contributed by atoms with Gasteiger partial charge in [0.05, 0.1) is 11.5 Å². The molecule has 1 amide bonds. The van der Waals surface area contributed by atoms with E-state index < -0.39 is 4.92 Å². The van der Waals surface area contributed by atoms with E-state index in [-0.39, 0.29) is 23.4 Å². The molecule has 1 aromatic carbocycles. The summed E-state index contributed by atoms with van der Waals surface area (Å²) >= 11 is 6.14. The lowest BCUT2D eigenvalue weighted by molar-refractivity contribution is -0.383. The van der Waals surface area contributed by atoms with E-state index in [2.05, 4.69) is 15.3 Å². The number of nitrogens with zero attached hydrogens (tertiary/aromatic N) is 5. The molecule has 0 aliphatic carbocycles. The SMILES string of the molecule is CCOC(=O)N1CCN(c2ncnc(Nc3cccc(Cl)c3C)c2[N+](=O)[O-])CC1. The number of carbonyl (C=O) groups is 1. The van der Waals surface area contributed by atoms with Crippen LogP contribution in [0.4, 0.5) is 27.8 Å². The Kier molecular flexibility index (Phi) is 6.32. The molecule has 1 fully saturated rings. The number of hydrogen-bond donors (Lipinski definition) is 1. The quantitative estimate of drug-likeness (QED) is 0.578. The van der Waals surface area contributed by atoms with Gasteiger partial charge in [-0.3, -0.25) is 10.1 Å². The standard InChI is InChI=1S/C18H21ClN6O4/c1-3-29-18(26)24-9-7-23(8-10-24)17-15(25(27)28)16(20-11-21-17)22-14-6-4-5-13(19)12(14)2/h4-6,11H,3,7-10H2,1-2H3,(H,20,21,22). The molecule has 1 aromatic heterocycles. The van der Waals surface area contributed by atoms with Gasteiger partial charge in [0.25, 0.3) is 0 Å². The number of rotatable bonds is 5. The van der Waals surface area contributed by atoms with Crippen molar-refractivity contribution < 1.29 is 14.5 Å². The smallest absolute Gasteiger partial charge is 0.409 e. The molecule has 0 saturated carbocycles. The molecule has 1 saturated heterocycles. The molecule has 0 unspecified atom stereocenters. The van der Waals surface area contributed by atoms with Gasteiger partial charge in [-0.15, -0.1) is 0 Å². The molecule has 1 aliphatic rings. The van der Waals surface area contributed by atoms with Crippen LogP contribution in [0.15, 0.2) is 24.5 Å². The fourth-order valence-corrected chi connectivity index (χ4v) is 3.22. The average molecular weight is 421 g/mol. The van der Waals surface area contributed by atoms with Crippen molar-refractivity contribution in [2.75, 3.05) is 43.0 Å². The molecule has 2 aromatic rings. The van der Waals surface area contributed by atoms with E-state index in [1.807, 2.05) is 6.92 Å². The zero-order valence-electron chi connectivity index (χ0n) is 16.1. The van der Waals surface area contributed by atoms with Gasteiger partial charge in [-0.1, -0.05) is 17.7 Å². The summed E-state index contributed by atoms with van der Waals surface area (Å²) in [6.07, 6.45) is 0.894. The largest absolute Gasteiger partial charge is 0.450 e. The Labute approximate surface area is 172 Å². The first-order valence-electron chi connectivity index (χ1n) is 9.10. The van der Waals surface area contributed by atoms with Crippen LogP contribution in [0.1, 0.15) is 12.5 Å². The topological polar surface area (TPSA) is 114 Å². The van der Waals surface area contributed by atoms with Crippen LogP contribution in [0.5, 0.6) is 0 Å². The number of amides is 1. The molecular formula is C18H21ClN6O4. The van der Waals surface area contributed by atoms with Crippen LogP contribution in [0.25, 0.3) is 0 Å². The van der Waals surface area contributed by atoms with Crippen molar-refractivity contribution in [2.24, 2.45) is 0 Å². The Hall–Kier alpha value is -3.14. The summed E-state index contributed by atoms with van der Waals surface area (Å²) in [5, 5.41) is 15.4. The Morgan fingerprint density at radius 3 is 2.69 bits per heavy atom. The Morgan fingerprint density at radius 2 is 2.03 bits per heavy atom. The van der Waals surface area contributed by atoms with Gasteiger partial charge in [-0.2, -0.15) is 0 Å². The third-order valence-electron chi connectivity index (χ3n) is 4.61. The normalized spacial score (nSPS) is 13.9. The van der Waals surface area contributed by atoms with Crippen LogP contribution in [0.2, 0.25) is 5.02 Å². The molecule has 11 heteroatoms. The maximum atomic E-state index is 11.9. The summed E-state index contributed by atoms with van der Waals surface area (Å²) < 4.78 is 5.00. The lowest BCUT2D eigenvalue weighted by atomic mass is 10.2. The minimum absolute atomic E-state index is 0.0817. The molecule has 0 atom stereocenters. The van der Waals surface area contributed by atoms with Crippen molar-refractivity contribution in [2.45, 2.75) is 13.8 Å². The second kappa shape index (κ2) is 8.91. The predicted octanol–water partition coefficient (Wildman–Crippen LogP) is 3.37. The monoisotopic (exact) mass is 420 g/mol. The molecule has 154 valence electrons. The van der Waals surface area contributed by atoms with Crippen molar-refractivity contribution in [3.8, 4) is 0 Å². The molecule has 0 bridgehead atoms. The van der Waals surface area contributed by atoms with Gasteiger partial charge in [0, 0.05) is 36.9 Å². The Morgan fingerprint density at radius 1 is 1.31 bits per heavy atom. The number of benzene rings is 1. The summed E-state index contributed by atoms with van der Waals surface area (Å²) in [4.78, 5) is 34.7. The minimum atomic E-state index is -0.505. The highest BCUT2D eigenvalue weighted by molar-refractivity contribution is 6.31. The number of hydrogen-bond acceptors (Lipinski definition) is 8. The number of anilines is 3. The van der Waals surface area contributed by atoms with Crippen molar-refractivity contribution in [1.82, 2.24) is 14.9 Å². The van der Waals surface area contributed by atoms with Crippen molar-refractivity contribution >= 4 is 40.7 Å². The molecule has 1 aliphatic heterocycles. The number of nitrogens with one attached hydrogen (secondary N) is 1. The Bertz CT molecular complexity index is 917. The van der Waals surface area contributed by atoms with E-state index in [0.29, 0.717) is 43.5 Å². The lowest BCUT2D eigenvalue weighted by Crippen LogP contribution is -2.49. The molecular weight excluding hydrogens is 400 g/mol. The van der Waals surface area contributed by atoms with E-state index >= 15 is 0 Å². The predicted molar refractivity (Wildman–Crippen MR) is 109 cm³/mol. The van der Waals surface area contributed by atoms with Gasteiger partial charge in [0.1, 0.15) is 6.33 Å². The van der Waals surface area contributed by atoms with Crippen LogP contribution in [-0.4, -0.2) is 58.7 Å². The molecule has 0 radical (unpaired) electrons. The third kappa shape index (κ3) is 4.48. The van der Waals surface area contributed by atoms with Gasteiger partial charge in [-0.25, -0.2) is 14.8 Å². The molecule has 0 spiro atoms. The average Bonchev–Trinajstić information content (AvgIpc) is 2.71. The minimum Gasteiger partial charge on any atom is -0.450 e. The highest BCUT2D eigenvalue weighted by Crippen LogP contribution is 2.35. The fraction of sp³-hybridized carbons (Fsp3) is 0.389. The highest BCUT2D eigenvalue weighted by Gasteiger charge is 2.30. The zero-order valence-corrected chi connectivity index (χ0v) is 16.8.